The molecule has 0 unspecified atom stereocenters. The van der Waals surface area contributed by atoms with E-state index in [2.05, 4.69) is 20.9 Å². The van der Waals surface area contributed by atoms with Gasteiger partial charge >= 0.3 is 5.97 Å². The van der Waals surface area contributed by atoms with Crippen molar-refractivity contribution in [2.24, 2.45) is 0 Å². The van der Waals surface area contributed by atoms with E-state index in [1.165, 1.54) is 0 Å². The molecule has 0 atom stereocenters. The van der Waals surface area contributed by atoms with Crippen LogP contribution >= 0.6 is 15.9 Å². The molecule has 0 saturated heterocycles. The van der Waals surface area contributed by atoms with Gasteiger partial charge in [-0.3, -0.25) is 9.78 Å². The van der Waals surface area contributed by atoms with Gasteiger partial charge < -0.3 is 4.74 Å². The number of esters is 1. The van der Waals surface area contributed by atoms with Crippen molar-refractivity contribution in [1.29, 1.82) is 0 Å². The first-order chi connectivity index (χ1) is 12.6. The lowest BCUT2D eigenvalue weighted by Gasteiger charge is -2.12. The summed E-state index contributed by atoms with van der Waals surface area (Å²) in [6.45, 7) is -0.277. The van der Waals surface area contributed by atoms with Gasteiger partial charge in [0.15, 0.2) is 12.4 Å². The lowest BCUT2D eigenvalue weighted by molar-refractivity contribution is 0.0475. The van der Waals surface area contributed by atoms with Gasteiger partial charge in [-0.05, 0) is 43.0 Å². The fourth-order valence-electron chi connectivity index (χ4n) is 3.39. The number of Topliss-reactive ketones (excluding diaryl/α,β-unsaturated/α-hetero) is 1. The number of hydrogen-bond donors (Lipinski definition) is 0. The summed E-state index contributed by atoms with van der Waals surface area (Å²) in [7, 11) is 0. The Balaban J connectivity index is 1.62. The molecule has 2 aromatic carbocycles. The predicted molar refractivity (Wildman–Crippen MR) is 103 cm³/mol. The number of carbonyl (C=O) groups is 2. The Morgan fingerprint density at radius 3 is 2.77 bits per heavy atom. The predicted octanol–water partition coefficient (Wildman–Crippen LogP) is 4.53. The molecule has 0 fully saturated rings. The Morgan fingerprint density at radius 2 is 1.92 bits per heavy atom. The molecule has 0 radical (unpaired) electrons. The summed E-state index contributed by atoms with van der Waals surface area (Å²) in [4.78, 5) is 29.8. The number of carbonyl (C=O) groups excluding carboxylic acids is 2. The summed E-state index contributed by atoms with van der Waals surface area (Å²) in [5, 5.41) is 0.785. The number of para-hydroxylation sites is 1. The van der Waals surface area contributed by atoms with Gasteiger partial charge in [-0.2, -0.15) is 0 Å². The number of fused-ring (bicyclic) bond motifs is 2. The Labute approximate surface area is 159 Å². The number of pyridine rings is 1. The third-order valence-corrected chi connectivity index (χ3v) is 5.10. The van der Waals surface area contributed by atoms with Crippen LogP contribution in [0.1, 0.15) is 38.4 Å². The molecule has 0 N–H and O–H groups in total. The maximum absolute atomic E-state index is 12.8. The number of nitrogens with zero attached hydrogens (tertiary/aromatic N) is 1. The van der Waals surface area contributed by atoms with E-state index in [4.69, 9.17) is 4.74 Å². The third-order valence-electron chi connectivity index (χ3n) is 4.60. The summed E-state index contributed by atoms with van der Waals surface area (Å²) in [5.74, 6) is -0.681. The molecular formula is C21H16BrNO3. The first-order valence-corrected chi connectivity index (χ1v) is 9.29. The number of rotatable bonds is 4. The molecule has 0 bridgehead atoms. The number of ether oxygens (including phenoxy) is 1. The van der Waals surface area contributed by atoms with Gasteiger partial charge in [-0.1, -0.05) is 46.3 Å². The minimum Gasteiger partial charge on any atom is -0.454 e. The molecule has 3 aromatic rings. The standard InChI is InChI=1S/C21H16BrNO3/c22-14-6-3-5-13(11-14)19(24)12-26-21(25)20-15-7-1-2-9-17(15)23-18-10-4-8-16(18)20/h1-3,5-7,9,11H,4,8,10,12H2. The van der Waals surface area contributed by atoms with E-state index in [-0.39, 0.29) is 12.4 Å². The number of halogens is 1. The first kappa shape index (κ1) is 16.9. The van der Waals surface area contributed by atoms with Crippen molar-refractivity contribution < 1.29 is 14.3 Å². The van der Waals surface area contributed by atoms with Crippen LogP contribution in [0.3, 0.4) is 0 Å². The lowest BCUT2D eigenvalue weighted by Crippen LogP contribution is -2.16. The van der Waals surface area contributed by atoms with Gasteiger partial charge in [0.1, 0.15) is 0 Å². The highest BCUT2D eigenvalue weighted by Crippen LogP contribution is 2.30. The van der Waals surface area contributed by atoms with Crippen LogP contribution in [0.5, 0.6) is 0 Å². The first-order valence-electron chi connectivity index (χ1n) is 8.50. The highest BCUT2D eigenvalue weighted by atomic mass is 79.9. The summed E-state index contributed by atoms with van der Waals surface area (Å²) in [5.41, 5.74) is 3.79. The number of benzene rings is 2. The molecule has 130 valence electrons. The summed E-state index contributed by atoms with van der Waals surface area (Å²) < 4.78 is 6.20. The van der Waals surface area contributed by atoms with Crippen molar-refractivity contribution in [2.75, 3.05) is 6.61 Å². The van der Waals surface area contributed by atoms with E-state index in [9.17, 15) is 9.59 Å². The molecule has 5 heteroatoms. The van der Waals surface area contributed by atoms with Gasteiger partial charge in [-0.15, -0.1) is 0 Å². The van der Waals surface area contributed by atoms with Crippen molar-refractivity contribution >= 4 is 38.6 Å². The van der Waals surface area contributed by atoms with Crippen LogP contribution in [-0.4, -0.2) is 23.3 Å². The third kappa shape index (κ3) is 3.15. The van der Waals surface area contributed by atoms with Crippen molar-refractivity contribution in [2.45, 2.75) is 19.3 Å². The van der Waals surface area contributed by atoms with E-state index in [0.29, 0.717) is 11.1 Å². The van der Waals surface area contributed by atoms with Crippen LogP contribution in [0.25, 0.3) is 10.9 Å². The quantitative estimate of drug-likeness (QED) is 0.469. The Bertz CT molecular complexity index is 1030. The topological polar surface area (TPSA) is 56.3 Å². The van der Waals surface area contributed by atoms with Crippen molar-refractivity contribution in [3.63, 3.8) is 0 Å². The fraction of sp³-hybridized carbons (Fsp3) is 0.190. The van der Waals surface area contributed by atoms with Crippen molar-refractivity contribution in [1.82, 2.24) is 4.98 Å². The lowest BCUT2D eigenvalue weighted by atomic mass is 10.0. The Morgan fingerprint density at radius 1 is 1.08 bits per heavy atom. The summed E-state index contributed by atoms with van der Waals surface area (Å²) in [6.07, 6.45) is 2.67. The zero-order valence-electron chi connectivity index (χ0n) is 14.0. The number of ketones is 1. The summed E-state index contributed by atoms with van der Waals surface area (Å²) in [6, 6.07) is 14.6. The van der Waals surface area contributed by atoms with Gasteiger partial charge in [0, 0.05) is 21.1 Å². The number of aryl methyl sites for hydroxylation is 1. The average Bonchev–Trinajstić information content (AvgIpc) is 3.11. The van der Waals surface area contributed by atoms with E-state index < -0.39 is 5.97 Å². The maximum Gasteiger partial charge on any atom is 0.339 e. The Hall–Kier alpha value is -2.53. The Kier molecular flexibility index (Phi) is 4.55. The largest absolute Gasteiger partial charge is 0.454 e. The molecule has 0 amide bonds. The fourth-order valence-corrected chi connectivity index (χ4v) is 3.79. The molecular weight excluding hydrogens is 394 g/mol. The maximum atomic E-state index is 12.8. The highest BCUT2D eigenvalue weighted by Gasteiger charge is 2.25. The molecule has 1 aliphatic rings. The second kappa shape index (κ2) is 7.00. The SMILES string of the molecule is O=C(COC(=O)c1c2c(nc3ccccc13)CCC2)c1cccc(Br)c1. The van der Waals surface area contributed by atoms with Crippen LogP contribution in [-0.2, 0) is 17.6 Å². The van der Waals surface area contributed by atoms with Gasteiger partial charge in [0.05, 0.1) is 11.1 Å². The number of hydrogen-bond acceptors (Lipinski definition) is 4. The van der Waals surface area contributed by atoms with E-state index >= 15 is 0 Å². The molecule has 26 heavy (non-hydrogen) atoms. The molecule has 1 heterocycles. The second-order valence-electron chi connectivity index (χ2n) is 6.29. The normalized spacial score (nSPS) is 12.8. The molecule has 4 rings (SSSR count). The van der Waals surface area contributed by atoms with Crippen molar-refractivity contribution in [3.05, 3.63) is 75.4 Å². The smallest absolute Gasteiger partial charge is 0.339 e. The molecule has 0 aliphatic heterocycles. The van der Waals surface area contributed by atoms with Crippen LogP contribution in [0, 0.1) is 0 Å². The average molecular weight is 410 g/mol. The van der Waals surface area contributed by atoms with Crippen molar-refractivity contribution in [3.8, 4) is 0 Å². The number of aromatic nitrogens is 1. The van der Waals surface area contributed by atoms with Crippen LogP contribution in [0.2, 0.25) is 0 Å². The van der Waals surface area contributed by atoms with Crippen LogP contribution in [0.15, 0.2) is 53.0 Å². The minimum atomic E-state index is -0.454. The van der Waals surface area contributed by atoms with Gasteiger partial charge in [-0.25, -0.2) is 4.79 Å². The van der Waals surface area contributed by atoms with Gasteiger partial charge in [0.2, 0.25) is 0 Å². The van der Waals surface area contributed by atoms with E-state index in [1.54, 1.807) is 18.2 Å². The molecule has 0 spiro atoms. The van der Waals surface area contributed by atoms with E-state index in [0.717, 1.165) is 45.9 Å². The molecule has 4 nitrogen and oxygen atoms in total. The highest BCUT2D eigenvalue weighted by molar-refractivity contribution is 9.10. The molecule has 0 saturated carbocycles. The van der Waals surface area contributed by atoms with E-state index in [1.807, 2.05) is 30.3 Å². The van der Waals surface area contributed by atoms with Crippen LogP contribution < -0.4 is 0 Å². The zero-order chi connectivity index (χ0) is 18.1. The second-order valence-corrected chi connectivity index (χ2v) is 7.21. The summed E-state index contributed by atoms with van der Waals surface area (Å²) >= 11 is 3.34. The molecule has 1 aromatic heterocycles. The van der Waals surface area contributed by atoms with Gasteiger partial charge in [0.25, 0.3) is 0 Å². The molecule has 1 aliphatic carbocycles. The monoisotopic (exact) mass is 409 g/mol. The zero-order valence-corrected chi connectivity index (χ0v) is 15.6. The van der Waals surface area contributed by atoms with Crippen LogP contribution in [0.4, 0.5) is 0 Å². The minimum absolute atomic E-state index is 0.227.